The Bertz CT molecular complexity index is 211. The van der Waals surface area contributed by atoms with Crippen molar-refractivity contribution < 1.29 is 0 Å². The molecule has 1 nitrogen and oxygen atoms in total. The first kappa shape index (κ1) is 9.11. The summed E-state index contributed by atoms with van der Waals surface area (Å²) in [7, 11) is 2.09. The standard InChI is InChI=1S/C11H17N/c1-3-4-5-7-11-8-6-9-12(2)10-11/h5-8,10H,3-4,9H2,1-2H3. The van der Waals surface area contributed by atoms with E-state index in [1.807, 2.05) is 0 Å². The molecule has 1 aliphatic heterocycles. The van der Waals surface area contributed by atoms with Crippen LogP contribution in [0.4, 0.5) is 0 Å². The van der Waals surface area contributed by atoms with Crippen LogP contribution in [0.5, 0.6) is 0 Å². The summed E-state index contributed by atoms with van der Waals surface area (Å²) in [4.78, 5) is 2.19. The van der Waals surface area contributed by atoms with E-state index in [2.05, 4.69) is 49.4 Å². The number of likely N-dealkylation sites (N-methyl/N-ethyl adjacent to an activating group) is 1. The van der Waals surface area contributed by atoms with E-state index in [9.17, 15) is 0 Å². The van der Waals surface area contributed by atoms with Crippen LogP contribution in [0.1, 0.15) is 19.8 Å². The lowest BCUT2D eigenvalue weighted by Crippen LogP contribution is -2.13. The summed E-state index contributed by atoms with van der Waals surface area (Å²) >= 11 is 0. The van der Waals surface area contributed by atoms with Gasteiger partial charge >= 0.3 is 0 Å². The summed E-state index contributed by atoms with van der Waals surface area (Å²) in [6.45, 7) is 3.23. The van der Waals surface area contributed by atoms with Crippen molar-refractivity contribution in [3.05, 3.63) is 36.1 Å². The van der Waals surface area contributed by atoms with Gasteiger partial charge in [0.15, 0.2) is 0 Å². The Morgan fingerprint density at radius 3 is 3.08 bits per heavy atom. The molecule has 0 unspecified atom stereocenters. The molecule has 1 heteroatoms. The van der Waals surface area contributed by atoms with E-state index in [0.717, 1.165) is 6.54 Å². The third-order valence-corrected chi connectivity index (χ3v) is 1.84. The second kappa shape index (κ2) is 4.81. The first-order valence-corrected chi connectivity index (χ1v) is 4.58. The fourth-order valence-electron chi connectivity index (χ4n) is 1.19. The lowest BCUT2D eigenvalue weighted by molar-refractivity contribution is 0.502. The number of unbranched alkanes of at least 4 members (excludes halogenated alkanes) is 1. The Morgan fingerprint density at radius 2 is 2.42 bits per heavy atom. The fourth-order valence-corrected chi connectivity index (χ4v) is 1.19. The van der Waals surface area contributed by atoms with Crippen LogP contribution >= 0.6 is 0 Å². The Labute approximate surface area is 75.1 Å². The molecule has 0 aromatic heterocycles. The highest BCUT2D eigenvalue weighted by Gasteiger charge is 1.95. The van der Waals surface area contributed by atoms with E-state index in [-0.39, 0.29) is 0 Å². The summed E-state index contributed by atoms with van der Waals surface area (Å²) in [5.41, 5.74) is 1.30. The Hall–Kier alpha value is -0.980. The third-order valence-electron chi connectivity index (χ3n) is 1.84. The van der Waals surface area contributed by atoms with Gasteiger partial charge in [-0.3, -0.25) is 0 Å². The molecule has 1 aliphatic rings. The van der Waals surface area contributed by atoms with Crippen LogP contribution in [0.15, 0.2) is 36.1 Å². The number of allylic oxidation sites excluding steroid dienone is 4. The van der Waals surface area contributed by atoms with Crippen LogP contribution in [0.3, 0.4) is 0 Å². The molecule has 0 saturated heterocycles. The van der Waals surface area contributed by atoms with E-state index in [4.69, 9.17) is 0 Å². The smallest absolute Gasteiger partial charge is 0.0354 e. The zero-order valence-electron chi connectivity index (χ0n) is 7.96. The van der Waals surface area contributed by atoms with Gasteiger partial charge in [0.05, 0.1) is 0 Å². The normalized spacial score (nSPS) is 17.2. The van der Waals surface area contributed by atoms with Gasteiger partial charge in [-0.1, -0.05) is 37.6 Å². The maximum atomic E-state index is 2.23. The average Bonchev–Trinajstić information content (AvgIpc) is 2.05. The van der Waals surface area contributed by atoms with Gasteiger partial charge in [-0.25, -0.2) is 0 Å². The quantitative estimate of drug-likeness (QED) is 0.618. The monoisotopic (exact) mass is 163 g/mol. The summed E-state index contributed by atoms with van der Waals surface area (Å²) < 4.78 is 0. The second-order valence-corrected chi connectivity index (χ2v) is 3.16. The van der Waals surface area contributed by atoms with Crippen LogP contribution in [0.2, 0.25) is 0 Å². The van der Waals surface area contributed by atoms with Crippen molar-refractivity contribution in [2.45, 2.75) is 19.8 Å². The fraction of sp³-hybridized carbons (Fsp3) is 0.455. The zero-order valence-corrected chi connectivity index (χ0v) is 7.96. The van der Waals surface area contributed by atoms with Gasteiger partial charge in [-0.2, -0.15) is 0 Å². The van der Waals surface area contributed by atoms with Gasteiger partial charge in [0, 0.05) is 19.8 Å². The molecule has 0 bridgehead atoms. The molecular weight excluding hydrogens is 146 g/mol. The number of hydrogen-bond donors (Lipinski definition) is 0. The van der Waals surface area contributed by atoms with Gasteiger partial charge in [0.25, 0.3) is 0 Å². The van der Waals surface area contributed by atoms with Crippen molar-refractivity contribution in [2.75, 3.05) is 13.6 Å². The molecule has 0 aromatic carbocycles. The van der Waals surface area contributed by atoms with Crippen molar-refractivity contribution >= 4 is 0 Å². The number of rotatable bonds is 3. The highest BCUT2D eigenvalue weighted by molar-refractivity contribution is 5.32. The van der Waals surface area contributed by atoms with Crippen LogP contribution in [0.25, 0.3) is 0 Å². The van der Waals surface area contributed by atoms with Crippen molar-refractivity contribution in [2.24, 2.45) is 0 Å². The van der Waals surface area contributed by atoms with Crippen LogP contribution in [0, 0.1) is 0 Å². The number of nitrogens with zero attached hydrogens (tertiary/aromatic N) is 1. The van der Waals surface area contributed by atoms with E-state index in [0.29, 0.717) is 0 Å². The highest BCUT2D eigenvalue weighted by Crippen LogP contribution is 2.07. The predicted molar refractivity (Wildman–Crippen MR) is 53.9 cm³/mol. The SMILES string of the molecule is CCCC=CC1=CN(C)CC=C1. The second-order valence-electron chi connectivity index (χ2n) is 3.16. The molecule has 66 valence electrons. The topological polar surface area (TPSA) is 3.24 Å². The molecular formula is C11H17N. The van der Waals surface area contributed by atoms with Gasteiger partial charge in [0.2, 0.25) is 0 Å². The summed E-state index contributed by atoms with van der Waals surface area (Å²) in [6, 6.07) is 0. The molecule has 0 saturated carbocycles. The van der Waals surface area contributed by atoms with Crippen LogP contribution in [-0.2, 0) is 0 Å². The minimum absolute atomic E-state index is 1.03. The Kier molecular flexibility index (Phi) is 3.65. The first-order chi connectivity index (χ1) is 5.83. The molecule has 0 aromatic rings. The average molecular weight is 163 g/mol. The number of hydrogen-bond acceptors (Lipinski definition) is 1. The van der Waals surface area contributed by atoms with Crippen molar-refractivity contribution in [1.29, 1.82) is 0 Å². The molecule has 0 amide bonds. The highest BCUT2D eigenvalue weighted by atomic mass is 15.1. The van der Waals surface area contributed by atoms with Crippen molar-refractivity contribution in [1.82, 2.24) is 4.90 Å². The van der Waals surface area contributed by atoms with Crippen molar-refractivity contribution in [3.8, 4) is 0 Å². The Morgan fingerprint density at radius 1 is 1.58 bits per heavy atom. The van der Waals surface area contributed by atoms with Gasteiger partial charge in [-0.15, -0.1) is 0 Å². The summed E-state index contributed by atoms with van der Waals surface area (Å²) in [6.07, 6.45) is 13.4. The maximum absolute atomic E-state index is 2.23. The zero-order chi connectivity index (χ0) is 8.81. The molecule has 0 spiro atoms. The van der Waals surface area contributed by atoms with E-state index >= 15 is 0 Å². The van der Waals surface area contributed by atoms with Gasteiger partial charge in [-0.05, 0) is 12.0 Å². The third kappa shape index (κ3) is 2.95. The molecule has 0 N–H and O–H groups in total. The molecule has 0 atom stereocenters. The lowest BCUT2D eigenvalue weighted by Gasteiger charge is -2.15. The summed E-state index contributed by atoms with van der Waals surface area (Å²) in [5.74, 6) is 0. The molecule has 0 fully saturated rings. The molecule has 12 heavy (non-hydrogen) atoms. The lowest BCUT2D eigenvalue weighted by atomic mass is 10.2. The van der Waals surface area contributed by atoms with E-state index < -0.39 is 0 Å². The van der Waals surface area contributed by atoms with E-state index in [1.54, 1.807) is 0 Å². The molecule has 0 radical (unpaired) electrons. The molecule has 1 rings (SSSR count). The minimum atomic E-state index is 1.03. The summed E-state index contributed by atoms with van der Waals surface area (Å²) in [5, 5.41) is 0. The van der Waals surface area contributed by atoms with E-state index in [1.165, 1.54) is 18.4 Å². The first-order valence-electron chi connectivity index (χ1n) is 4.58. The van der Waals surface area contributed by atoms with Crippen LogP contribution in [-0.4, -0.2) is 18.5 Å². The molecule has 1 heterocycles. The van der Waals surface area contributed by atoms with Gasteiger partial charge < -0.3 is 4.90 Å². The van der Waals surface area contributed by atoms with Gasteiger partial charge in [0.1, 0.15) is 0 Å². The maximum Gasteiger partial charge on any atom is 0.0354 e. The Balaban J connectivity index is 2.46. The van der Waals surface area contributed by atoms with Crippen LogP contribution < -0.4 is 0 Å². The largest absolute Gasteiger partial charge is 0.376 e. The predicted octanol–water partition coefficient (Wildman–Crippen LogP) is 2.73. The van der Waals surface area contributed by atoms with Crippen molar-refractivity contribution in [3.63, 3.8) is 0 Å². The minimum Gasteiger partial charge on any atom is -0.376 e. The molecule has 0 aliphatic carbocycles.